The summed E-state index contributed by atoms with van der Waals surface area (Å²) < 4.78 is 5.79. The monoisotopic (exact) mass is 264 g/mol. The zero-order valence-electron chi connectivity index (χ0n) is 11.6. The van der Waals surface area contributed by atoms with Crippen LogP contribution in [0.2, 0.25) is 12.6 Å². The molecule has 0 spiro atoms. The van der Waals surface area contributed by atoms with Crippen molar-refractivity contribution in [3.63, 3.8) is 0 Å². The average Bonchev–Trinajstić information content (AvgIpc) is 2.34. The van der Waals surface area contributed by atoms with E-state index in [0.29, 0.717) is 18.4 Å². The Morgan fingerprint density at radius 1 is 1.33 bits per heavy atom. The fourth-order valence-corrected chi connectivity index (χ4v) is 3.47. The molecule has 0 amide bonds. The van der Waals surface area contributed by atoms with E-state index in [1.54, 1.807) is 0 Å². The van der Waals surface area contributed by atoms with E-state index in [1.807, 2.05) is 30.3 Å². The van der Waals surface area contributed by atoms with E-state index >= 15 is 0 Å². The summed E-state index contributed by atoms with van der Waals surface area (Å²) in [5, 5.41) is 11.3. The third-order valence-corrected chi connectivity index (χ3v) is 4.77. The molecule has 0 aliphatic heterocycles. The predicted molar refractivity (Wildman–Crippen MR) is 80.2 cm³/mol. The minimum Gasteiger partial charge on any atom is -0.418 e. The van der Waals surface area contributed by atoms with Crippen molar-refractivity contribution in [2.75, 3.05) is 13.1 Å². The standard InChI is InChI=1S/C14H24N2OSi/c1-12(2)17-18(3)10-9-16-11-14(15)13-7-5-4-6-8-13/h4-8,12,15-16,18H,9-11H2,1-3H3. The molecule has 18 heavy (non-hydrogen) atoms. The highest BCUT2D eigenvalue weighted by molar-refractivity contribution is 6.50. The van der Waals surface area contributed by atoms with Crippen LogP contribution in [0, 0.1) is 5.41 Å². The summed E-state index contributed by atoms with van der Waals surface area (Å²) in [6.45, 7) is 7.97. The molecule has 2 N–H and O–H groups in total. The van der Waals surface area contributed by atoms with Crippen LogP contribution in [-0.4, -0.2) is 33.9 Å². The molecule has 0 saturated carbocycles. The minimum atomic E-state index is -1.03. The lowest BCUT2D eigenvalue weighted by Crippen LogP contribution is -2.28. The van der Waals surface area contributed by atoms with E-state index < -0.39 is 9.04 Å². The van der Waals surface area contributed by atoms with Crippen molar-refractivity contribution < 1.29 is 4.43 Å². The lowest BCUT2D eigenvalue weighted by Gasteiger charge is -2.15. The topological polar surface area (TPSA) is 45.1 Å². The van der Waals surface area contributed by atoms with Crippen LogP contribution in [0.25, 0.3) is 0 Å². The molecule has 1 aromatic rings. The number of hydrogen-bond donors (Lipinski definition) is 2. The number of hydrogen-bond acceptors (Lipinski definition) is 3. The zero-order valence-corrected chi connectivity index (χ0v) is 12.7. The number of rotatable bonds is 8. The summed E-state index contributed by atoms with van der Waals surface area (Å²) in [5.41, 5.74) is 1.64. The van der Waals surface area contributed by atoms with E-state index in [4.69, 9.17) is 9.84 Å². The molecule has 0 radical (unpaired) electrons. The molecule has 4 heteroatoms. The van der Waals surface area contributed by atoms with Crippen molar-refractivity contribution in [3.8, 4) is 0 Å². The van der Waals surface area contributed by atoms with Crippen molar-refractivity contribution in [1.82, 2.24) is 5.32 Å². The Labute approximate surface area is 112 Å². The Morgan fingerprint density at radius 2 is 2.00 bits per heavy atom. The van der Waals surface area contributed by atoms with Crippen LogP contribution in [0.3, 0.4) is 0 Å². The molecule has 0 aliphatic rings. The third-order valence-electron chi connectivity index (χ3n) is 2.66. The van der Waals surface area contributed by atoms with Gasteiger partial charge in [-0.2, -0.15) is 0 Å². The molecule has 0 aliphatic carbocycles. The first kappa shape index (κ1) is 15.1. The van der Waals surface area contributed by atoms with Gasteiger partial charge in [0.2, 0.25) is 0 Å². The van der Waals surface area contributed by atoms with Gasteiger partial charge in [0.05, 0.1) is 5.71 Å². The number of benzene rings is 1. The Hall–Kier alpha value is -0.973. The molecule has 3 nitrogen and oxygen atoms in total. The van der Waals surface area contributed by atoms with Gasteiger partial charge in [-0.1, -0.05) is 30.3 Å². The molecule has 1 rings (SSSR count). The van der Waals surface area contributed by atoms with Crippen molar-refractivity contribution in [3.05, 3.63) is 35.9 Å². The van der Waals surface area contributed by atoms with Crippen molar-refractivity contribution in [2.24, 2.45) is 0 Å². The van der Waals surface area contributed by atoms with Gasteiger partial charge in [-0.25, -0.2) is 0 Å². The SMILES string of the molecule is CC(C)O[SiH](C)CCNCC(=N)c1ccccc1. The highest BCUT2D eigenvalue weighted by Crippen LogP contribution is 2.00. The first-order valence-corrected chi connectivity index (χ1v) is 9.03. The quantitative estimate of drug-likeness (QED) is 0.430. The average molecular weight is 264 g/mol. The predicted octanol–water partition coefficient (Wildman–Crippen LogP) is 2.42. The molecule has 1 aromatic carbocycles. The van der Waals surface area contributed by atoms with Crippen LogP contribution in [0.5, 0.6) is 0 Å². The zero-order chi connectivity index (χ0) is 13.4. The van der Waals surface area contributed by atoms with Gasteiger partial charge in [0.25, 0.3) is 0 Å². The van der Waals surface area contributed by atoms with Gasteiger partial charge in [0.15, 0.2) is 9.04 Å². The first-order valence-electron chi connectivity index (χ1n) is 6.58. The molecule has 0 aromatic heterocycles. The third kappa shape index (κ3) is 6.09. The smallest absolute Gasteiger partial charge is 0.175 e. The lowest BCUT2D eigenvalue weighted by atomic mass is 10.1. The second-order valence-corrected chi connectivity index (χ2v) is 7.28. The van der Waals surface area contributed by atoms with Crippen LogP contribution >= 0.6 is 0 Å². The molecule has 1 atom stereocenters. The van der Waals surface area contributed by atoms with Crippen LogP contribution in [0.1, 0.15) is 19.4 Å². The fourth-order valence-electron chi connectivity index (χ4n) is 1.79. The maximum Gasteiger partial charge on any atom is 0.175 e. The summed E-state index contributed by atoms with van der Waals surface area (Å²) in [4.78, 5) is 0. The van der Waals surface area contributed by atoms with Crippen LogP contribution < -0.4 is 5.32 Å². The van der Waals surface area contributed by atoms with Gasteiger partial charge in [-0.3, -0.25) is 0 Å². The maximum absolute atomic E-state index is 7.95. The molecule has 100 valence electrons. The van der Waals surface area contributed by atoms with Gasteiger partial charge in [0, 0.05) is 12.6 Å². The minimum absolute atomic E-state index is 0.342. The van der Waals surface area contributed by atoms with Crippen molar-refractivity contribution >= 4 is 14.8 Å². The Morgan fingerprint density at radius 3 is 2.61 bits per heavy atom. The summed E-state index contributed by atoms with van der Waals surface area (Å²) in [7, 11) is -1.03. The lowest BCUT2D eigenvalue weighted by molar-refractivity contribution is 0.244. The van der Waals surface area contributed by atoms with Crippen LogP contribution in [0.4, 0.5) is 0 Å². The highest BCUT2D eigenvalue weighted by Gasteiger charge is 2.06. The molecular formula is C14H24N2OSi. The summed E-state index contributed by atoms with van der Waals surface area (Å²) in [5.74, 6) is 0. The summed E-state index contributed by atoms with van der Waals surface area (Å²) >= 11 is 0. The summed E-state index contributed by atoms with van der Waals surface area (Å²) in [6, 6.07) is 11.0. The molecule has 0 heterocycles. The highest BCUT2D eigenvalue weighted by atomic mass is 28.3. The summed E-state index contributed by atoms with van der Waals surface area (Å²) in [6.07, 6.45) is 0.342. The Balaban J connectivity index is 2.17. The first-order chi connectivity index (χ1) is 8.59. The molecule has 0 saturated heterocycles. The normalized spacial score (nSPS) is 12.7. The number of nitrogens with one attached hydrogen (secondary N) is 2. The van der Waals surface area contributed by atoms with E-state index in [2.05, 4.69) is 25.7 Å². The van der Waals surface area contributed by atoms with Crippen molar-refractivity contribution in [2.45, 2.75) is 32.5 Å². The molecular weight excluding hydrogens is 240 g/mol. The van der Waals surface area contributed by atoms with Crippen LogP contribution in [-0.2, 0) is 4.43 Å². The van der Waals surface area contributed by atoms with E-state index in [-0.39, 0.29) is 0 Å². The van der Waals surface area contributed by atoms with Crippen molar-refractivity contribution in [1.29, 1.82) is 5.41 Å². The molecule has 1 unspecified atom stereocenters. The Kier molecular flexibility index (Phi) is 6.86. The van der Waals surface area contributed by atoms with Gasteiger partial charge in [-0.05, 0) is 38.5 Å². The van der Waals surface area contributed by atoms with E-state index in [1.165, 1.54) is 0 Å². The van der Waals surface area contributed by atoms with Gasteiger partial charge in [0.1, 0.15) is 0 Å². The molecule has 0 bridgehead atoms. The second kappa shape index (κ2) is 8.19. The fraction of sp³-hybridized carbons (Fsp3) is 0.500. The largest absolute Gasteiger partial charge is 0.418 e. The second-order valence-electron chi connectivity index (χ2n) is 4.81. The van der Waals surface area contributed by atoms with Gasteiger partial charge < -0.3 is 15.2 Å². The van der Waals surface area contributed by atoms with E-state index in [0.717, 1.165) is 18.2 Å². The van der Waals surface area contributed by atoms with Gasteiger partial charge in [-0.15, -0.1) is 0 Å². The maximum atomic E-state index is 7.95. The van der Waals surface area contributed by atoms with Gasteiger partial charge >= 0.3 is 0 Å². The molecule has 0 fully saturated rings. The van der Waals surface area contributed by atoms with E-state index in [9.17, 15) is 0 Å². The van der Waals surface area contributed by atoms with Crippen LogP contribution in [0.15, 0.2) is 30.3 Å². The Bertz CT molecular complexity index is 354.